The van der Waals surface area contributed by atoms with E-state index >= 15 is 0 Å². The van der Waals surface area contributed by atoms with Gasteiger partial charge in [-0.15, -0.1) is 0 Å². The molecular weight excluding hydrogens is 358 g/mol. The van der Waals surface area contributed by atoms with Gasteiger partial charge in [0.25, 0.3) is 0 Å². The fourth-order valence-corrected chi connectivity index (χ4v) is 3.42. The summed E-state index contributed by atoms with van der Waals surface area (Å²) in [6, 6.07) is 7.84. The van der Waals surface area contributed by atoms with Crippen LogP contribution in [0.25, 0.3) is 6.08 Å². The van der Waals surface area contributed by atoms with Gasteiger partial charge in [0.2, 0.25) is 0 Å². The molecule has 0 atom stereocenters. The molecule has 1 aromatic rings. The molecule has 0 radical (unpaired) electrons. The number of carboxylic acid groups (broad SMARTS) is 1. The number of benzene rings is 1. The van der Waals surface area contributed by atoms with Crippen molar-refractivity contribution in [2.45, 2.75) is 90.4 Å². The van der Waals surface area contributed by atoms with E-state index in [0.717, 1.165) is 30.3 Å². The minimum atomic E-state index is -0.923. The predicted octanol–water partition coefficient (Wildman–Crippen LogP) is 7.84. The van der Waals surface area contributed by atoms with E-state index < -0.39 is 5.97 Å². The van der Waals surface area contributed by atoms with Crippen molar-refractivity contribution in [3.63, 3.8) is 0 Å². The minimum absolute atomic E-state index is 0.896. The van der Waals surface area contributed by atoms with E-state index in [1.165, 1.54) is 82.6 Å². The fraction of sp³-hybridized carbons (Fsp3) is 0.577. The number of nitrogens with one attached hydrogen (secondary N) is 1. The Morgan fingerprint density at radius 2 is 1.45 bits per heavy atom. The van der Waals surface area contributed by atoms with Crippen molar-refractivity contribution >= 4 is 17.7 Å². The quantitative estimate of drug-likeness (QED) is 0.150. The van der Waals surface area contributed by atoms with Gasteiger partial charge in [0.1, 0.15) is 0 Å². The van der Waals surface area contributed by atoms with Crippen LogP contribution in [0.3, 0.4) is 0 Å². The summed E-state index contributed by atoms with van der Waals surface area (Å²) in [5, 5.41) is 12.1. The van der Waals surface area contributed by atoms with Gasteiger partial charge in [-0.05, 0) is 55.9 Å². The predicted molar refractivity (Wildman–Crippen MR) is 126 cm³/mol. The summed E-state index contributed by atoms with van der Waals surface area (Å²) in [6.07, 6.45) is 19.8. The Morgan fingerprint density at radius 1 is 0.897 bits per heavy atom. The summed E-state index contributed by atoms with van der Waals surface area (Å²) < 4.78 is 0. The third kappa shape index (κ3) is 14.6. The van der Waals surface area contributed by atoms with Gasteiger partial charge >= 0.3 is 5.97 Å². The van der Waals surface area contributed by atoms with Crippen LogP contribution in [0.5, 0.6) is 0 Å². The molecule has 1 aromatic carbocycles. The lowest BCUT2D eigenvalue weighted by atomic mass is 10.0. The van der Waals surface area contributed by atoms with Gasteiger partial charge in [-0.1, -0.05) is 82.6 Å². The average molecular weight is 400 g/mol. The lowest BCUT2D eigenvalue weighted by Crippen LogP contribution is -2.01. The first kappa shape index (κ1) is 25.0. The molecule has 0 bridgehead atoms. The van der Waals surface area contributed by atoms with Crippen LogP contribution >= 0.6 is 0 Å². The zero-order valence-electron chi connectivity index (χ0n) is 18.4. The first-order chi connectivity index (χ1) is 14.1. The van der Waals surface area contributed by atoms with E-state index in [4.69, 9.17) is 5.11 Å². The number of rotatable bonds is 18. The Bertz CT molecular complexity index is 589. The van der Waals surface area contributed by atoms with Gasteiger partial charge in [0, 0.05) is 18.3 Å². The number of hydrogen-bond donors (Lipinski definition) is 2. The first-order valence-electron chi connectivity index (χ1n) is 11.5. The minimum Gasteiger partial charge on any atom is -0.478 e. The zero-order chi connectivity index (χ0) is 21.2. The van der Waals surface area contributed by atoms with Crippen molar-refractivity contribution in [2.24, 2.45) is 0 Å². The van der Waals surface area contributed by atoms with Crippen molar-refractivity contribution in [3.8, 4) is 0 Å². The molecule has 2 N–H and O–H groups in total. The highest BCUT2D eigenvalue weighted by molar-refractivity contribution is 5.85. The second-order valence-electron chi connectivity index (χ2n) is 8.01. The molecule has 0 aliphatic heterocycles. The molecule has 0 saturated carbocycles. The summed E-state index contributed by atoms with van der Waals surface area (Å²) >= 11 is 0. The molecule has 0 unspecified atom stereocenters. The molecule has 0 fully saturated rings. The van der Waals surface area contributed by atoms with Gasteiger partial charge < -0.3 is 10.4 Å². The summed E-state index contributed by atoms with van der Waals surface area (Å²) in [6.45, 7) is 7.49. The molecule has 0 saturated heterocycles. The van der Waals surface area contributed by atoms with Crippen LogP contribution in [0, 0.1) is 0 Å². The van der Waals surface area contributed by atoms with Crippen molar-refractivity contribution in [2.75, 3.05) is 11.9 Å². The lowest BCUT2D eigenvalue weighted by molar-refractivity contribution is -0.131. The molecule has 0 aliphatic carbocycles. The van der Waals surface area contributed by atoms with Gasteiger partial charge in [-0.2, -0.15) is 0 Å². The van der Waals surface area contributed by atoms with Crippen LogP contribution < -0.4 is 5.32 Å². The summed E-state index contributed by atoms with van der Waals surface area (Å²) in [7, 11) is 0. The summed E-state index contributed by atoms with van der Waals surface area (Å²) in [4.78, 5) is 10.5. The van der Waals surface area contributed by atoms with Crippen LogP contribution in [0.1, 0.15) is 96.0 Å². The Balaban J connectivity index is 1.97. The van der Waals surface area contributed by atoms with Gasteiger partial charge in [-0.25, -0.2) is 4.79 Å². The van der Waals surface area contributed by atoms with E-state index in [2.05, 4.69) is 18.8 Å². The number of allylic oxidation sites excluding steroid dienone is 1. The smallest absolute Gasteiger partial charge is 0.328 e. The van der Waals surface area contributed by atoms with E-state index in [1.807, 2.05) is 24.3 Å². The molecule has 29 heavy (non-hydrogen) atoms. The monoisotopic (exact) mass is 399 g/mol. The highest BCUT2D eigenvalue weighted by Gasteiger charge is 1.98. The Hall–Kier alpha value is -2.03. The van der Waals surface area contributed by atoms with E-state index in [9.17, 15) is 4.79 Å². The highest BCUT2D eigenvalue weighted by atomic mass is 16.4. The van der Waals surface area contributed by atoms with Gasteiger partial charge in [-0.3, -0.25) is 0 Å². The van der Waals surface area contributed by atoms with E-state index in [1.54, 1.807) is 6.08 Å². The lowest BCUT2D eigenvalue weighted by Gasteiger charge is -2.08. The molecule has 3 nitrogen and oxygen atoms in total. The van der Waals surface area contributed by atoms with Crippen molar-refractivity contribution in [1.29, 1.82) is 0 Å². The number of carbonyl (C=O) groups is 1. The van der Waals surface area contributed by atoms with Crippen LogP contribution in [0.15, 0.2) is 42.5 Å². The Kier molecular flexibility index (Phi) is 14.6. The maximum atomic E-state index is 10.5. The first-order valence-corrected chi connectivity index (χ1v) is 11.5. The van der Waals surface area contributed by atoms with Crippen molar-refractivity contribution < 1.29 is 9.90 Å². The van der Waals surface area contributed by atoms with E-state index in [0.29, 0.717) is 0 Å². The molecular formula is C26H41NO2. The van der Waals surface area contributed by atoms with Crippen LogP contribution in [-0.2, 0) is 4.79 Å². The molecule has 0 spiro atoms. The maximum Gasteiger partial charge on any atom is 0.328 e. The second kappa shape index (κ2) is 16.9. The number of hydrogen-bond acceptors (Lipinski definition) is 2. The number of unbranched alkanes of at least 4 members (excludes halogenated alkanes) is 9. The molecule has 0 heterocycles. The van der Waals surface area contributed by atoms with Crippen LogP contribution in [-0.4, -0.2) is 17.6 Å². The molecule has 1 rings (SSSR count). The number of carboxylic acids is 1. The van der Waals surface area contributed by atoms with Crippen molar-refractivity contribution in [1.82, 2.24) is 0 Å². The molecule has 0 aromatic heterocycles. The number of anilines is 1. The number of aliphatic carboxylic acids is 1. The second-order valence-corrected chi connectivity index (χ2v) is 8.01. The van der Waals surface area contributed by atoms with Crippen molar-refractivity contribution in [3.05, 3.63) is 48.1 Å². The van der Waals surface area contributed by atoms with Crippen LogP contribution in [0.2, 0.25) is 0 Å². The summed E-state index contributed by atoms with van der Waals surface area (Å²) in [5.41, 5.74) is 3.40. The third-order valence-corrected chi connectivity index (χ3v) is 5.25. The molecule has 0 aliphatic rings. The SMILES string of the molecule is C=C(CCCCCCCCCC)CCCCCNc1ccc(/C=C/C(=O)O)cc1. The van der Waals surface area contributed by atoms with Crippen LogP contribution in [0.4, 0.5) is 5.69 Å². The standard InChI is InChI=1S/C26H41NO2/c1-3-4-5-6-7-8-9-11-14-23(2)15-12-10-13-22-27-25-19-16-24(17-20-25)18-21-26(28)29/h16-21,27H,2-15,22H2,1H3,(H,28,29)/b21-18+. The topological polar surface area (TPSA) is 49.3 Å². The van der Waals surface area contributed by atoms with Gasteiger partial charge in [0.15, 0.2) is 0 Å². The average Bonchev–Trinajstić information content (AvgIpc) is 2.71. The zero-order valence-corrected chi connectivity index (χ0v) is 18.4. The Morgan fingerprint density at radius 3 is 2.03 bits per heavy atom. The molecule has 162 valence electrons. The normalized spacial score (nSPS) is 11.1. The van der Waals surface area contributed by atoms with Gasteiger partial charge in [0.05, 0.1) is 0 Å². The fourth-order valence-electron chi connectivity index (χ4n) is 3.42. The maximum absolute atomic E-state index is 10.5. The van der Waals surface area contributed by atoms with E-state index in [-0.39, 0.29) is 0 Å². The Labute approximate surface area is 178 Å². The molecule has 0 amide bonds. The highest BCUT2D eigenvalue weighted by Crippen LogP contribution is 2.17. The summed E-state index contributed by atoms with van der Waals surface area (Å²) in [5.74, 6) is -0.923. The largest absolute Gasteiger partial charge is 0.478 e. The molecule has 3 heteroatoms. The third-order valence-electron chi connectivity index (χ3n) is 5.25.